The van der Waals surface area contributed by atoms with Crippen molar-refractivity contribution in [1.82, 2.24) is 10.2 Å². The van der Waals surface area contributed by atoms with Crippen LogP contribution >= 0.6 is 0 Å². The van der Waals surface area contributed by atoms with E-state index in [1.165, 1.54) is 6.07 Å². The molecule has 0 aromatic heterocycles. The van der Waals surface area contributed by atoms with Crippen molar-refractivity contribution in [1.29, 1.82) is 0 Å². The molecule has 1 aromatic rings. The van der Waals surface area contributed by atoms with E-state index >= 15 is 0 Å². The Morgan fingerprint density at radius 1 is 1.31 bits per heavy atom. The van der Waals surface area contributed by atoms with Crippen molar-refractivity contribution in [2.24, 2.45) is 0 Å². The predicted molar refractivity (Wildman–Crippen MR) is 63.8 cm³/mol. The van der Waals surface area contributed by atoms with Crippen LogP contribution in [-0.4, -0.2) is 31.1 Å². The average Bonchev–Trinajstić information content (AvgIpc) is 2.34. The number of nitrogens with one attached hydrogen (secondary N) is 1. The fourth-order valence-electron chi connectivity index (χ4n) is 2.15. The third-order valence-corrected chi connectivity index (χ3v) is 2.99. The van der Waals surface area contributed by atoms with Gasteiger partial charge in [-0.3, -0.25) is 4.90 Å². The van der Waals surface area contributed by atoms with Gasteiger partial charge in [0.15, 0.2) is 0 Å². The van der Waals surface area contributed by atoms with Crippen LogP contribution in [0.3, 0.4) is 0 Å². The zero-order valence-electron chi connectivity index (χ0n) is 9.32. The van der Waals surface area contributed by atoms with Gasteiger partial charge in [0.05, 0.1) is 6.04 Å². The Hall–Kier alpha value is -1.19. The monoisotopic (exact) mass is 220 g/mol. The molecule has 16 heavy (non-hydrogen) atoms. The third-order valence-electron chi connectivity index (χ3n) is 2.99. The summed E-state index contributed by atoms with van der Waals surface area (Å²) >= 11 is 0. The second-order valence-corrected chi connectivity index (χ2v) is 3.99. The molecule has 0 bridgehead atoms. The maximum atomic E-state index is 13.7. The molecule has 1 fully saturated rings. The van der Waals surface area contributed by atoms with Gasteiger partial charge in [-0.25, -0.2) is 4.39 Å². The van der Waals surface area contributed by atoms with Crippen molar-refractivity contribution in [3.05, 3.63) is 48.3 Å². The topological polar surface area (TPSA) is 15.3 Å². The van der Waals surface area contributed by atoms with Crippen molar-refractivity contribution >= 4 is 0 Å². The van der Waals surface area contributed by atoms with E-state index in [-0.39, 0.29) is 11.9 Å². The molecule has 0 aliphatic carbocycles. The number of hydrogen-bond donors (Lipinski definition) is 1. The Morgan fingerprint density at radius 3 is 2.62 bits per heavy atom. The molecule has 1 aliphatic rings. The van der Waals surface area contributed by atoms with E-state index in [1.807, 2.05) is 18.2 Å². The van der Waals surface area contributed by atoms with Gasteiger partial charge in [-0.05, 0) is 6.07 Å². The van der Waals surface area contributed by atoms with Gasteiger partial charge in [0, 0.05) is 31.7 Å². The van der Waals surface area contributed by atoms with Gasteiger partial charge in [0.2, 0.25) is 0 Å². The molecule has 1 aliphatic heterocycles. The Balaban J connectivity index is 2.21. The van der Waals surface area contributed by atoms with Gasteiger partial charge in [-0.2, -0.15) is 0 Å². The van der Waals surface area contributed by atoms with E-state index in [0.717, 1.165) is 31.7 Å². The molecule has 1 atom stereocenters. The summed E-state index contributed by atoms with van der Waals surface area (Å²) in [6, 6.07) is 6.93. The zero-order valence-corrected chi connectivity index (χ0v) is 9.32. The molecule has 3 heteroatoms. The lowest BCUT2D eigenvalue weighted by molar-refractivity contribution is 0.200. The largest absolute Gasteiger partial charge is 0.314 e. The van der Waals surface area contributed by atoms with E-state index in [4.69, 9.17) is 0 Å². The molecule has 0 radical (unpaired) electrons. The third kappa shape index (κ3) is 2.31. The van der Waals surface area contributed by atoms with E-state index in [1.54, 1.807) is 6.07 Å². The highest BCUT2D eigenvalue weighted by molar-refractivity contribution is 5.24. The fourth-order valence-corrected chi connectivity index (χ4v) is 2.15. The molecular weight excluding hydrogens is 203 g/mol. The number of halogens is 1. The fraction of sp³-hybridized carbons (Fsp3) is 0.385. The Labute approximate surface area is 95.8 Å². The quantitative estimate of drug-likeness (QED) is 0.783. The summed E-state index contributed by atoms with van der Waals surface area (Å²) in [4.78, 5) is 2.25. The molecule has 86 valence electrons. The number of nitrogens with zero attached hydrogens (tertiary/aromatic N) is 1. The second kappa shape index (κ2) is 5.23. The highest BCUT2D eigenvalue weighted by Gasteiger charge is 2.21. The van der Waals surface area contributed by atoms with E-state index in [0.29, 0.717) is 0 Å². The molecule has 1 N–H and O–H groups in total. The average molecular weight is 220 g/mol. The molecule has 2 rings (SSSR count). The van der Waals surface area contributed by atoms with Crippen LogP contribution in [0.15, 0.2) is 36.9 Å². The van der Waals surface area contributed by atoms with Gasteiger partial charge < -0.3 is 5.32 Å². The predicted octanol–water partition coefficient (Wildman–Crippen LogP) is 1.96. The molecular formula is C13H17FN2. The van der Waals surface area contributed by atoms with Crippen LogP contribution in [0.4, 0.5) is 4.39 Å². The van der Waals surface area contributed by atoms with Crippen molar-refractivity contribution in [2.45, 2.75) is 6.04 Å². The van der Waals surface area contributed by atoms with Crippen molar-refractivity contribution in [2.75, 3.05) is 26.2 Å². The molecule has 1 heterocycles. The van der Waals surface area contributed by atoms with Crippen LogP contribution in [0.2, 0.25) is 0 Å². The summed E-state index contributed by atoms with van der Waals surface area (Å²) in [5, 5.41) is 3.29. The molecule has 0 amide bonds. The van der Waals surface area contributed by atoms with Crippen molar-refractivity contribution in [3.63, 3.8) is 0 Å². The summed E-state index contributed by atoms with van der Waals surface area (Å²) in [5.41, 5.74) is 0.722. The van der Waals surface area contributed by atoms with E-state index < -0.39 is 0 Å². The van der Waals surface area contributed by atoms with Crippen LogP contribution < -0.4 is 5.32 Å². The smallest absolute Gasteiger partial charge is 0.128 e. The van der Waals surface area contributed by atoms with E-state index in [2.05, 4.69) is 16.8 Å². The summed E-state index contributed by atoms with van der Waals surface area (Å²) in [6.45, 7) is 7.61. The molecule has 0 unspecified atom stereocenters. The number of rotatable bonds is 3. The lowest BCUT2D eigenvalue weighted by atomic mass is 10.0. The van der Waals surface area contributed by atoms with Crippen LogP contribution in [0.25, 0.3) is 0 Å². The van der Waals surface area contributed by atoms with Crippen LogP contribution in [0, 0.1) is 5.82 Å². The normalized spacial score (nSPS) is 19.3. The minimum absolute atomic E-state index is 0.0108. The van der Waals surface area contributed by atoms with Gasteiger partial charge in [-0.15, -0.1) is 6.58 Å². The molecule has 0 spiro atoms. The lowest BCUT2D eigenvalue weighted by Crippen LogP contribution is -2.44. The summed E-state index contributed by atoms with van der Waals surface area (Å²) in [6.07, 6.45) is 1.82. The van der Waals surface area contributed by atoms with Crippen molar-refractivity contribution < 1.29 is 4.39 Å². The molecule has 2 nitrogen and oxygen atoms in total. The van der Waals surface area contributed by atoms with Gasteiger partial charge >= 0.3 is 0 Å². The van der Waals surface area contributed by atoms with Crippen LogP contribution in [-0.2, 0) is 0 Å². The summed E-state index contributed by atoms with van der Waals surface area (Å²) in [5.74, 6) is -0.147. The number of piperazine rings is 1. The lowest BCUT2D eigenvalue weighted by Gasteiger charge is -2.33. The first-order valence-electron chi connectivity index (χ1n) is 5.64. The highest BCUT2D eigenvalue weighted by Crippen LogP contribution is 2.24. The van der Waals surface area contributed by atoms with Gasteiger partial charge in [0.1, 0.15) is 5.82 Å². The minimum Gasteiger partial charge on any atom is -0.314 e. The van der Waals surface area contributed by atoms with Crippen LogP contribution in [0.1, 0.15) is 11.6 Å². The molecule has 1 aromatic carbocycles. The Morgan fingerprint density at radius 2 is 2.00 bits per heavy atom. The first-order chi connectivity index (χ1) is 7.83. The minimum atomic E-state index is -0.147. The number of hydrogen-bond acceptors (Lipinski definition) is 2. The molecule has 0 saturated carbocycles. The van der Waals surface area contributed by atoms with Gasteiger partial charge in [-0.1, -0.05) is 24.3 Å². The zero-order chi connectivity index (χ0) is 11.4. The highest BCUT2D eigenvalue weighted by atomic mass is 19.1. The maximum absolute atomic E-state index is 13.7. The first-order valence-corrected chi connectivity index (χ1v) is 5.64. The van der Waals surface area contributed by atoms with Crippen LogP contribution in [0.5, 0.6) is 0 Å². The Bertz CT molecular complexity index is 359. The van der Waals surface area contributed by atoms with Gasteiger partial charge in [0.25, 0.3) is 0 Å². The second-order valence-electron chi connectivity index (χ2n) is 3.99. The summed E-state index contributed by atoms with van der Waals surface area (Å²) < 4.78 is 13.7. The summed E-state index contributed by atoms with van der Waals surface area (Å²) in [7, 11) is 0. The maximum Gasteiger partial charge on any atom is 0.128 e. The SMILES string of the molecule is C=C[C@@H](c1ccccc1F)N1CCNCC1. The number of benzene rings is 1. The Kier molecular flexibility index (Phi) is 3.70. The molecule has 1 saturated heterocycles. The van der Waals surface area contributed by atoms with Crippen molar-refractivity contribution in [3.8, 4) is 0 Å². The standard InChI is InChI=1S/C13H17FN2/c1-2-13(16-9-7-15-8-10-16)11-5-3-4-6-12(11)14/h2-6,13,15H,1,7-10H2/t13-/m0/s1. The van der Waals surface area contributed by atoms with E-state index in [9.17, 15) is 4.39 Å². The first kappa shape index (κ1) is 11.3.